The zero-order valence-electron chi connectivity index (χ0n) is 23.9. The van der Waals surface area contributed by atoms with Crippen LogP contribution < -0.4 is 5.32 Å². The number of nitrogens with zero attached hydrogens (tertiary/aromatic N) is 2. The summed E-state index contributed by atoms with van der Waals surface area (Å²) in [7, 11) is 0. The summed E-state index contributed by atoms with van der Waals surface area (Å²) in [5, 5.41) is 3.20. The quantitative estimate of drug-likeness (QED) is 0.262. The van der Waals surface area contributed by atoms with Crippen LogP contribution in [0.3, 0.4) is 0 Å². The maximum absolute atomic E-state index is 13.7. The van der Waals surface area contributed by atoms with Gasteiger partial charge in [0.05, 0.1) is 6.42 Å². The summed E-state index contributed by atoms with van der Waals surface area (Å²) in [5.41, 5.74) is 2.81. The number of halogens is 5. The molecule has 1 N–H and O–H groups in total. The molecule has 0 radical (unpaired) electrons. The van der Waals surface area contributed by atoms with Crippen molar-refractivity contribution >= 4 is 35.0 Å². The third-order valence-corrected chi connectivity index (χ3v) is 9.21. The minimum Gasteiger partial charge on any atom is -0.346 e. The molecule has 1 aliphatic heterocycles. The highest BCUT2D eigenvalue weighted by Crippen LogP contribution is 2.51. The van der Waals surface area contributed by atoms with Gasteiger partial charge < -0.3 is 10.2 Å². The molecule has 0 aromatic heterocycles. The van der Waals surface area contributed by atoms with Gasteiger partial charge in [0.1, 0.15) is 12.0 Å². The van der Waals surface area contributed by atoms with Crippen molar-refractivity contribution < 1.29 is 22.8 Å². The number of hydrogen-bond donors (Lipinski definition) is 1. The van der Waals surface area contributed by atoms with Gasteiger partial charge in [-0.05, 0) is 66.3 Å². The molecule has 5 nitrogen and oxygen atoms in total. The van der Waals surface area contributed by atoms with Crippen molar-refractivity contribution in [3.8, 4) is 11.1 Å². The zero-order valence-corrected chi connectivity index (χ0v) is 25.4. The van der Waals surface area contributed by atoms with E-state index in [1.54, 1.807) is 18.2 Å². The normalized spacial score (nSPS) is 17.8. The Labute approximate surface area is 260 Å². The van der Waals surface area contributed by atoms with Gasteiger partial charge in [0.15, 0.2) is 0 Å². The monoisotopic (exact) mass is 631 g/mol. The van der Waals surface area contributed by atoms with Crippen molar-refractivity contribution in [2.75, 3.05) is 32.7 Å². The number of unbranched alkanes of at least 4 members (excludes halogenated alkanes) is 1. The maximum atomic E-state index is 13.7. The largest absolute Gasteiger partial charge is 0.405 e. The number of fused-ring (bicyclic) bond motifs is 3. The molecule has 2 amide bonds. The van der Waals surface area contributed by atoms with E-state index in [0.717, 1.165) is 40.8 Å². The lowest BCUT2D eigenvalue weighted by Gasteiger charge is -2.40. The average molecular weight is 633 g/mol. The lowest BCUT2D eigenvalue weighted by molar-refractivity contribution is -0.141. The Bertz CT molecular complexity index is 1450. The molecular formula is C33H34Cl2F3N3O2. The molecule has 3 aromatic rings. The minimum atomic E-state index is -4.50. The molecule has 1 saturated heterocycles. The van der Waals surface area contributed by atoms with Gasteiger partial charge in [-0.15, -0.1) is 0 Å². The SMILES string of the molecule is C[C@H]1CN(C(=O)Cc2ccc(Cl)cc2Cl)CCN1CCCCC1(C(=O)NCC(F)(F)F)c2ccccc2-c2ccccc21. The Hall–Kier alpha value is -3.07. The first-order valence-electron chi connectivity index (χ1n) is 14.5. The highest BCUT2D eigenvalue weighted by atomic mass is 35.5. The van der Waals surface area contributed by atoms with Crippen LogP contribution >= 0.6 is 23.2 Å². The Kier molecular flexibility index (Phi) is 9.40. The second-order valence-electron chi connectivity index (χ2n) is 11.4. The maximum Gasteiger partial charge on any atom is 0.405 e. The molecule has 1 heterocycles. The van der Waals surface area contributed by atoms with Gasteiger partial charge in [-0.3, -0.25) is 14.5 Å². The van der Waals surface area contributed by atoms with Gasteiger partial charge in [-0.2, -0.15) is 13.2 Å². The van der Waals surface area contributed by atoms with Crippen LogP contribution in [0.25, 0.3) is 11.1 Å². The van der Waals surface area contributed by atoms with E-state index in [-0.39, 0.29) is 18.4 Å². The Balaban J connectivity index is 1.23. The molecule has 0 bridgehead atoms. The summed E-state index contributed by atoms with van der Waals surface area (Å²) in [6.07, 6.45) is -2.50. The predicted molar refractivity (Wildman–Crippen MR) is 163 cm³/mol. The van der Waals surface area contributed by atoms with Crippen molar-refractivity contribution in [3.05, 3.63) is 93.5 Å². The Morgan fingerprint density at radius 1 is 0.953 bits per heavy atom. The number of carbonyl (C=O) groups excluding carboxylic acids is 2. The number of hydrogen-bond acceptors (Lipinski definition) is 3. The molecule has 43 heavy (non-hydrogen) atoms. The summed E-state index contributed by atoms with van der Waals surface area (Å²) >= 11 is 12.2. The summed E-state index contributed by atoms with van der Waals surface area (Å²) in [5.74, 6) is -0.607. The van der Waals surface area contributed by atoms with E-state index in [9.17, 15) is 22.8 Å². The fourth-order valence-electron chi connectivity index (χ4n) is 6.48. The molecule has 0 saturated carbocycles. The van der Waals surface area contributed by atoms with Gasteiger partial charge >= 0.3 is 6.18 Å². The summed E-state index contributed by atoms with van der Waals surface area (Å²) in [6.45, 7) is 3.38. The number of rotatable bonds is 9. The van der Waals surface area contributed by atoms with E-state index in [1.807, 2.05) is 53.4 Å². The fourth-order valence-corrected chi connectivity index (χ4v) is 6.96. The summed E-state index contributed by atoms with van der Waals surface area (Å²) in [6, 6.07) is 20.3. The van der Waals surface area contributed by atoms with Crippen LogP contribution in [0, 0.1) is 0 Å². The highest BCUT2D eigenvalue weighted by Gasteiger charge is 2.49. The summed E-state index contributed by atoms with van der Waals surface area (Å²) in [4.78, 5) is 30.9. The number of carbonyl (C=O) groups is 2. The third-order valence-electron chi connectivity index (χ3n) is 8.62. The molecule has 2 aliphatic rings. The molecule has 0 unspecified atom stereocenters. The minimum absolute atomic E-state index is 0.0149. The molecule has 1 fully saturated rings. The summed E-state index contributed by atoms with van der Waals surface area (Å²) < 4.78 is 39.4. The van der Waals surface area contributed by atoms with E-state index in [1.165, 1.54) is 0 Å². The Morgan fingerprint density at radius 2 is 1.60 bits per heavy atom. The first-order valence-corrected chi connectivity index (χ1v) is 15.3. The Morgan fingerprint density at radius 3 is 2.21 bits per heavy atom. The molecular weight excluding hydrogens is 598 g/mol. The van der Waals surface area contributed by atoms with Crippen LogP contribution in [0.2, 0.25) is 10.0 Å². The van der Waals surface area contributed by atoms with Crippen LogP contribution in [0.1, 0.15) is 42.9 Å². The average Bonchev–Trinajstić information content (AvgIpc) is 3.26. The van der Waals surface area contributed by atoms with Crippen LogP contribution in [0.4, 0.5) is 13.2 Å². The van der Waals surface area contributed by atoms with Crippen molar-refractivity contribution in [2.45, 2.75) is 50.2 Å². The van der Waals surface area contributed by atoms with E-state index in [2.05, 4.69) is 17.1 Å². The second kappa shape index (κ2) is 12.9. The number of alkyl halides is 3. The van der Waals surface area contributed by atoms with Crippen molar-refractivity contribution in [1.29, 1.82) is 0 Å². The van der Waals surface area contributed by atoms with Crippen LogP contribution in [0.15, 0.2) is 66.7 Å². The smallest absolute Gasteiger partial charge is 0.346 e. The fraction of sp³-hybridized carbons (Fsp3) is 0.394. The van der Waals surface area contributed by atoms with Crippen LogP contribution in [-0.4, -0.2) is 66.6 Å². The first kappa shape index (κ1) is 31.4. The van der Waals surface area contributed by atoms with E-state index < -0.39 is 24.0 Å². The second-order valence-corrected chi connectivity index (χ2v) is 12.2. The van der Waals surface area contributed by atoms with Gasteiger partial charge in [0.2, 0.25) is 11.8 Å². The third kappa shape index (κ3) is 6.71. The van der Waals surface area contributed by atoms with Gasteiger partial charge in [0.25, 0.3) is 0 Å². The lowest BCUT2D eigenvalue weighted by Crippen LogP contribution is -2.54. The molecule has 1 aliphatic carbocycles. The molecule has 5 rings (SSSR count). The molecule has 0 spiro atoms. The topological polar surface area (TPSA) is 52.7 Å². The van der Waals surface area contributed by atoms with Crippen molar-refractivity contribution in [2.24, 2.45) is 0 Å². The zero-order chi connectivity index (χ0) is 30.8. The molecule has 1 atom stereocenters. The highest BCUT2D eigenvalue weighted by molar-refractivity contribution is 6.35. The number of benzene rings is 3. The standard InChI is InChI=1S/C33H34Cl2F3N3O2/c1-22-20-41(30(42)18-23-12-13-24(34)19-29(23)35)17-16-40(22)15-7-6-14-32(31(43)39-21-33(36,37)38)27-10-4-2-8-25(27)26-9-3-5-11-28(26)32/h2-5,8-13,19,22H,6-7,14-18,20-21H2,1H3,(H,39,43)/t22-/m0/s1. The lowest BCUT2D eigenvalue weighted by atomic mass is 9.73. The number of nitrogens with one attached hydrogen (secondary N) is 1. The van der Waals surface area contributed by atoms with Gasteiger partial charge in [-0.1, -0.05) is 84.2 Å². The molecule has 10 heteroatoms. The van der Waals surface area contributed by atoms with E-state index in [4.69, 9.17) is 23.2 Å². The van der Waals surface area contributed by atoms with Gasteiger partial charge in [0, 0.05) is 35.7 Å². The van der Waals surface area contributed by atoms with E-state index in [0.29, 0.717) is 42.5 Å². The van der Waals surface area contributed by atoms with Crippen LogP contribution in [-0.2, 0) is 21.4 Å². The molecule has 3 aromatic carbocycles. The molecule has 228 valence electrons. The van der Waals surface area contributed by atoms with Gasteiger partial charge in [-0.25, -0.2) is 0 Å². The van der Waals surface area contributed by atoms with E-state index >= 15 is 0 Å². The van der Waals surface area contributed by atoms with Crippen molar-refractivity contribution in [3.63, 3.8) is 0 Å². The first-order chi connectivity index (χ1) is 20.5. The van der Waals surface area contributed by atoms with Crippen LogP contribution in [0.5, 0.6) is 0 Å². The van der Waals surface area contributed by atoms with Crippen molar-refractivity contribution in [1.82, 2.24) is 15.1 Å². The number of piperazine rings is 1. The number of amides is 2. The predicted octanol–water partition coefficient (Wildman–Crippen LogP) is 6.88.